The molecule has 1 aromatic heterocycles. The first kappa shape index (κ1) is 30.3. The van der Waals surface area contributed by atoms with Gasteiger partial charge >= 0.3 is 18.0 Å². The van der Waals surface area contributed by atoms with Crippen molar-refractivity contribution < 1.29 is 29.0 Å². The van der Waals surface area contributed by atoms with Crippen molar-refractivity contribution in [2.24, 2.45) is 0 Å². The molecule has 1 aromatic rings. The second-order valence-electron chi connectivity index (χ2n) is 11.5. The lowest BCUT2D eigenvalue weighted by Crippen LogP contribution is -2.46. The van der Waals surface area contributed by atoms with Gasteiger partial charge in [0.25, 0.3) is 0 Å². The molecule has 0 bridgehead atoms. The summed E-state index contributed by atoms with van der Waals surface area (Å²) in [6.07, 6.45) is 3.99. The molecule has 1 atom stereocenters. The number of hydrogen-bond donors (Lipinski definition) is 3. The van der Waals surface area contributed by atoms with Crippen LogP contribution in [0, 0.1) is 0 Å². The number of fused-ring (bicyclic) bond motifs is 1. The SMILES string of the molecule is CC(C)(C)OC(=O)CN(CCCCc1ccc2c(n1)NCCC2)CC[C@H](NC(=O)OC(C)(C)C)C(=O)O. The number of carboxylic acids is 1. The number of aromatic nitrogens is 1. The minimum atomic E-state index is -1.16. The molecule has 0 radical (unpaired) electrons. The third-order valence-electron chi connectivity index (χ3n) is 5.60. The Morgan fingerprint density at radius 1 is 1.08 bits per heavy atom. The zero-order valence-electron chi connectivity index (χ0n) is 23.2. The van der Waals surface area contributed by atoms with Crippen LogP contribution >= 0.6 is 0 Å². The summed E-state index contributed by atoms with van der Waals surface area (Å²) in [4.78, 5) is 42.9. The number of pyridine rings is 1. The van der Waals surface area contributed by atoms with E-state index in [1.807, 2.05) is 4.90 Å². The first-order valence-electron chi connectivity index (χ1n) is 13.1. The van der Waals surface area contributed by atoms with E-state index in [4.69, 9.17) is 14.5 Å². The van der Waals surface area contributed by atoms with E-state index in [-0.39, 0.29) is 18.9 Å². The molecule has 0 fully saturated rings. The maximum Gasteiger partial charge on any atom is 0.408 e. The van der Waals surface area contributed by atoms with E-state index < -0.39 is 29.3 Å². The summed E-state index contributed by atoms with van der Waals surface area (Å²) in [6, 6.07) is 3.08. The molecule has 10 nitrogen and oxygen atoms in total. The van der Waals surface area contributed by atoms with Crippen molar-refractivity contribution in [1.29, 1.82) is 0 Å². The maximum atomic E-state index is 12.5. The molecule has 0 saturated heterocycles. The van der Waals surface area contributed by atoms with E-state index in [2.05, 4.69) is 22.8 Å². The van der Waals surface area contributed by atoms with Gasteiger partial charge in [0.05, 0.1) is 6.54 Å². The number of anilines is 1. The number of carboxylic acid groups (broad SMARTS) is 1. The van der Waals surface area contributed by atoms with Crippen LogP contribution in [0.1, 0.15) is 78.5 Å². The molecule has 10 heteroatoms. The summed E-state index contributed by atoms with van der Waals surface area (Å²) in [5, 5.41) is 15.4. The Kier molecular flexibility index (Phi) is 11.2. The fourth-order valence-corrected chi connectivity index (χ4v) is 3.99. The highest BCUT2D eigenvalue weighted by Crippen LogP contribution is 2.20. The van der Waals surface area contributed by atoms with Crippen LogP contribution in [0.15, 0.2) is 12.1 Å². The van der Waals surface area contributed by atoms with Gasteiger partial charge in [-0.15, -0.1) is 0 Å². The molecule has 0 aromatic carbocycles. The smallest absolute Gasteiger partial charge is 0.408 e. The van der Waals surface area contributed by atoms with Crippen LogP contribution in [-0.2, 0) is 31.9 Å². The largest absolute Gasteiger partial charge is 0.480 e. The first-order chi connectivity index (χ1) is 17.2. The molecule has 37 heavy (non-hydrogen) atoms. The normalized spacial score (nSPS) is 14.4. The quantitative estimate of drug-likeness (QED) is 0.278. The predicted octanol–water partition coefficient (Wildman–Crippen LogP) is 3.77. The third kappa shape index (κ3) is 12.3. The van der Waals surface area contributed by atoms with Crippen LogP contribution in [0.25, 0.3) is 0 Å². The molecule has 0 aliphatic carbocycles. The number of ether oxygens (including phenoxy) is 2. The molecular weight excluding hydrogens is 476 g/mol. The number of nitrogens with zero attached hydrogens (tertiary/aromatic N) is 2. The molecule has 2 rings (SSSR count). The summed E-state index contributed by atoms with van der Waals surface area (Å²) >= 11 is 0. The number of nitrogens with one attached hydrogen (secondary N) is 2. The number of aliphatic carboxylic acids is 1. The van der Waals surface area contributed by atoms with Crippen molar-refractivity contribution in [3.8, 4) is 0 Å². The number of rotatable bonds is 12. The van der Waals surface area contributed by atoms with Crippen LogP contribution in [0.3, 0.4) is 0 Å². The van der Waals surface area contributed by atoms with Crippen molar-refractivity contribution in [2.45, 2.75) is 97.3 Å². The number of aryl methyl sites for hydroxylation is 2. The molecule has 0 saturated carbocycles. The lowest BCUT2D eigenvalue weighted by molar-refractivity contribution is -0.156. The summed E-state index contributed by atoms with van der Waals surface area (Å²) in [5.74, 6) is -0.551. The molecule has 2 heterocycles. The minimum Gasteiger partial charge on any atom is -0.480 e. The number of unbranched alkanes of at least 4 members (excludes halogenated alkanes) is 1. The van der Waals surface area contributed by atoms with Gasteiger partial charge in [0.2, 0.25) is 0 Å². The predicted molar refractivity (Wildman–Crippen MR) is 142 cm³/mol. The van der Waals surface area contributed by atoms with Gasteiger partial charge in [-0.1, -0.05) is 6.07 Å². The third-order valence-corrected chi connectivity index (χ3v) is 5.60. The summed E-state index contributed by atoms with van der Waals surface area (Å²) in [6.45, 7) is 12.4. The van der Waals surface area contributed by atoms with Gasteiger partial charge < -0.3 is 25.2 Å². The average molecular weight is 521 g/mol. The zero-order valence-corrected chi connectivity index (χ0v) is 23.2. The van der Waals surface area contributed by atoms with E-state index >= 15 is 0 Å². The number of carbonyl (C=O) groups excluding carboxylic acids is 2. The fraction of sp³-hybridized carbons (Fsp3) is 0.704. The zero-order chi connectivity index (χ0) is 27.6. The molecule has 1 amide bonds. The highest BCUT2D eigenvalue weighted by atomic mass is 16.6. The van der Waals surface area contributed by atoms with Crippen LogP contribution in [-0.4, -0.2) is 76.4 Å². The second kappa shape index (κ2) is 13.6. The molecule has 3 N–H and O–H groups in total. The number of amides is 1. The lowest BCUT2D eigenvalue weighted by atomic mass is 10.1. The van der Waals surface area contributed by atoms with Crippen molar-refractivity contribution >= 4 is 23.8 Å². The fourth-order valence-electron chi connectivity index (χ4n) is 3.99. The number of carbonyl (C=O) groups is 3. The Morgan fingerprint density at radius 2 is 1.78 bits per heavy atom. The standard InChI is InChI=1S/C27H44N4O6/c1-26(2,3)36-22(32)18-31(17-14-21(24(33)34)30-25(35)37-27(4,5)6)16-8-7-11-20-13-12-19-10-9-15-28-23(19)29-20/h12-13,21H,7-11,14-18H2,1-6H3,(H,28,29)(H,30,35)(H,33,34)/t21-/m0/s1. The van der Waals surface area contributed by atoms with Crippen LogP contribution < -0.4 is 10.6 Å². The number of alkyl carbamates (subject to hydrolysis) is 1. The highest BCUT2D eigenvalue weighted by Gasteiger charge is 2.26. The second-order valence-corrected chi connectivity index (χ2v) is 11.5. The highest BCUT2D eigenvalue weighted by molar-refractivity contribution is 5.80. The molecule has 0 unspecified atom stereocenters. The van der Waals surface area contributed by atoms with Crippen molar-refractivity contribution in [2.75, 3.05) is 31.5 Å². The van der Waals surface area contributed by atoms with E-state index in [0.29, 0.717) is 13.1 Å². The van der Waals surface area contributed by atoms with E-state index in [1.54, 1.807) is 41.5 Å². The number of hydrogen-bond acceptors (Lipinski definition) is 8. The maximum absolute atomic E-state index is 12.5. The Hall–Kier alpha value is -2.88. The van der Waals surface area contributed by atoms with Gasteiger partial charge in [-0.25, -0.2) is 14.6 Å². The van der Waals surface area contributed by atoms with Gasteiger partial charge in [0.15, 0.2) is 0 Å². The van der Waals surface area contributed by atoms with Crippen LogP contribution in [0.2, 0.25) is 0 Å². The van der Waals surface area contributed by atoms with E-state index in [9.17, 15) is 19.5 Å². The van der Waals surface area contributed by atoms with Gasteiger partial charge in [0.1, 0.15) is 23.1 Å². The van der Waals surface area contributed by atoms with Crippen LogP contribution in [0.4, 0.5) is 10.6 Å². The molecule has 0 spiro atoms. The molecule has 1 aliphatic heterocycles. The first-order valence-corrected chi connectivity index (χ1v) is 13.1. The molecular formula is C27H44N4O6. The average Bonchev–Trinajstić information content (AvgIpc) is 2.76. The van der Waals surface area contributed by atoms with Gasteiger partial charge in [0, 0.05) is 18.8 Å². The van der Waals surface area contributed by atoms with Crippen LogP contribution in [0.5, 0.6) is 0 Å². The van der Waals surface area contributed by atoms with E-state index in [0.717, 1.165) is 50.2 Å². The Bertz CT molecular complexity index is 922. The molecule has 208 valence electrons. The van der Waals surface area contributed by atoms with Crippen molar-refractivity contribution in [3.63, 3.8) is 0 Å². The summed E-state index contributed by atoms with van der Waals surface area (Å²) < 4.78 is 10.7. The van der Waals surface area contributed by atoms with Crippen molar-refractivity contribution in [1.82, 2.24) is 15.2 Å². The monoisotopic (exact) mass is 520 g/mol. The van der Waals surface area contributed by atoms with Crippen molar-refractivity contribution in [3.05, 3.63) is 23.4 Å². The number of esters is 1. The Balaban J connectivity index is 1.93. The van der Waals surface area contributed by atoms with Gasteiger partial charge in [-0.05, 0) is 98.2 Å². The minimum absolute atomic E-state index is 0.0388. The lowest BCUT2D eigenvalue weighted by Gasteiger charge is -2.26. The van der Waals surface area contributed by atoms with Gasteiger partial charge in [-0.2, -0.15) is 0 Å². The Labute approximate surface area is 220 Å². The Morgan fingerprint density at radius 3 is 2.43 bits per heavy atom. The topological polar surface area (TPSA) is 130 Å². The molecule has 1 aliphatic rings. The summed E-state index contributed by atoms with van der Waals surface area (Å²) in [7, 11) is 0. The van der Waals surface area contributed by atoms with E-state index in [1.165, 1.54) is 5.56 Å². The van der Waals surface area contributed by atoms with Gasteiger partial charge in [-0.3, -0.25) is 9.69 Å². The summed E-state index contributed by atoms with van der Waals surface area (Å²) in [5.41, 5.74) is 0.932.